The molecule has 1 amide bonds. The lowest BCUT2D eigenvalue weighted by Crippen LogP contribution is -3.12. The average Bonchev–Trinajstić information content (AvgIpc) is 2.73. The maximum absolute atomic E-state index is 12.6. The quantitative estimate of drug-likeness (QED) is 0.583. The van der Waals surface area contributed by atoms with Crippen LogP contribution in [-0.2, 0) is 4.79 Å². The van der Waals surface area contributed by atoms with E-state index in [2.05, 4.69) is 17.3 Å². The molecule has 1 aliphatic rings. The minimum absolute atomic E-state index is 0.0700. The van der Waals surface area contributed by atoms with Crippen molar-refractivity contribution in [1.82, 2.24) is 4.90 Å². The van der Waals surface area contributed by atoms with Crippen LogP contribution in [0.2, 0.25) is 0 Å². The molecule has 2 aromatic rings. The van der Waals surface area contributed by atoms with Crippen molar-refractivity contribution in [1.29, 1.82) is 0 Å². The molecule has 7 heteroatoms. The van der Waals surface area contributed by atoms with E-state index in [1.807, 2.05) is 55.5 Å². The molecule has 0 aliphatic carbocycles. The number of nitrogens with one attached hydrogen (secondary N) is 2. The number of piperazine rings is 1. The van der Waals surface area contributed by atoms with Crippen LogP contribution in [0, 0.1) is 6.92 Å². The molecular weight excluding hydrogens is 384 g/mol. The van der Waals surface area contributed by atoms with Gasteiger partial charge in [0.2, 0.25) is 5.91 Å². The number of nitrogens with zero attached hydrogens (tertiary/aromatic N) is 2. The van der Waals surface area contributed by atoms with Crippen molar-refractivity contribution < 1.29 is 14.4 Å². The minimum Gasteiger partial charge on any atom is -0.495 e. The largest absolute Gasteiger partial charge is 0.495 e. The number of benzene rings is 2. The Hall–Kier alpha value is -2.51. The van der Waals surface area contributed by atoms with Crippen LogP contribution >= 0.6 is 11.8 Å². The van der Waals surface area contributed by atoms with Crippen LogP contribution in [0.1, 0.15) is 5.56 Å². The van der Waals surface area contributed by atoms with E-state index in [0.717, 1.165) is 42.6 Å². The Bertz CT molecular complexity index is 849. The van der Waals surface area contributed by atoms with E-state index in [9.17, 15) is 4.79 Å². The van der Waals surface area contributed by atoms with Gasteiger partial charge in [0.25, 0.3) is 0 Å². The Morgan fingerprint density at radius 1 is 1.21 bits per heavy atom. The number of rotatable bonds is 5. The van der Waals surface area contributed by atoms with Gasteiger partial charge in [0.15, 0.2) is 5.17 Å². The second-order valence-corrected chi connectivity index (χ2v) is 8.16. The van der Waals surface area contributed by atoms with Gasteiger partial charge >= 0.3 is 0 Å². The zero-order valence-corrected chi connectivity index (χ0v) is 18.1. The summed E-state index contributed by atoms with van der Waals surface area (Å²) in [5.74, 6) is 0.885. The molecule has 0 aromatic heterocycles. The van der Waals surface area contributed by atoms with E-state index in [1.54, 1.807) is 7.11 Å². The van der Waals surface area contributed by atoms with Gasteiger partial charge in [-0.05, 0) is 36.8 Å². The maximum Gasteiger partial charge on any atom is 0.234 e. The average molecular weight is 414 g/mol. The first kappa shape index (κ1) is 21.2. The van der Waals surface area contributed by atoms with Crippen LogP contribution in [-0.4, -0.2) is 62.1 Å². The molecule has 1 aliphatic heterocycles. The van der Waals surface area contributed by atoms with Crippen molar-refractivity contribution in [3.05, 3.63) is 54.1 Å². The van der Waals surface area contributed by atoms with Gasteiger partial charge in [-0.1, -0.05) is 36.0 Å². The lowest BCUT2D eigenvalue weighted by atomic mass is 10.2. The van der Waals surface area contributed by atoms with Gasteiger partial charge in [-0.3, -0.25) is 4.79 Å². The van der Waals surface area contributed by atoms with Crippen molar-refractivity contribution in [2.45, 2.75) is 6.92 Å². The molecule has 3 rings (SSSR count). The third kappa shape index (κ3) is 6.24. The van der Waals surface area contributed by atoms with Crippen molar-refractivity contribution >= 4 is 34.2 Å². The number of hydrogen-bond acceptors (Lipinski definition) is 4. The number of aliphatic imine (C=N–C) groups is 1. The fraction of sp³-hybridized carbons (Fsp3) is 0.364. The topological polar surface area (TPSA) is 58.4 Å². The molecule has 1 heterocycles. The van der Waals surface area contributed by atoms with Crippen LogP contribution < -0.4 is 15.0 Å². The number of carbonyl (C=O) groups excluding carboxylic acids is 1. The number of carbonyl (C=O) groups is 1. The van der Waals surface area contributed by atoms with E-state index in [-0.39, 0.29) is 5.91 Å². The van der Waals surface area contributed by atoms with Gasteiger partial charge in [-0.15, -0.1) is 0 Å². The van der Waals surface area contributed by atoms with E-state index >= 15 is 0 Å². The summed E-state index contributed by atoms with van der Waals surface area (Å²) < 4.78 is 5.36. The van der Waals surface area contributed by atoms with Crippen LogP contribution in [0.4, 0.5) is 11.4 Å². The molecule has 29 heavy (non-hydrogen) atoms. The van der Waals surface area contributed by atoms with E-state index in [1.165, 1.54) is 16.7 Å². The molecular formula is C22H29N4O2S+. The first-order valence-corrected chi connectivity index (χ1v) is 10.8. The number of likely N-dealkylation sites (N-methyl/N-ethyl adjacent to an activating group) is 1. The number of anilines is 1. The van der Waals surface area contributed by atoms with Crippen molar-refractivity contribution in [2.75, 3.05) is 51.4 Å². The molecule has 0 spiro atoms. The highest BCUT2D eigenvalue weighted by atomic mass is 32.2. The van der Waals surface area contributed by atoms with Crippen LogP contribution in [0.5, 0.6) is 5.75 Å². The summed E-state index contributed by atoms with van der Waals surface area (Å²) in [4.78, 5) is 21.2. The Kier molecular flexibility index (Phi) is 7.55. The standard InChI is InChI=1S/C22H28N4O2S/c1-17-9-10-20(28-3)19(15-17)24-21(27)16-29-22(23-18-7-5-4-6-8-18)26-13-11-25(2)12-14-26/h4-10,15H,11-14,16H2,1-3H3,(H,24,27)/p+1. The Morgan fingerprint density at radius 2 is 1.93 bits per heavy atom. The lowest BCUT2D eigenvalue weighted by Gasteiger charge is -2.32. The summed E-state index contributed by atoms with van der Waals surface area (Å²) in [5.41, 5.74) is 2.67. The zero-order chi connectivity index (χ0) is 20.6. The molecule has 0 atom stereocenters. The van der Waals surface area contributed by atoms with Crippen molar-refractivity contribution in [2.24, 2.45) is 4.99 Å². The monoisotopic (exact) mass is 413 g/mol. The zero-order valence-electron chi connectivity index (χ0n) is 17.3. The second-order valence-electron chi connectivity index (χ2n) is 7.21. The Morgan fingerprint density at radius 3 is 2.62 bits per heavy atom. The second kappa shape index (κ2) is 10.3. The number of methoxy groups -OCH3 is 1. The number of aryl methyl sites for hydroxylation is 1. The van der Waals surface area contributed by atoms with E-state index in [0.29, 0.717) is 17.2 Å². The molecule has 6 nitrogen and oxygen atoms in total. The number of quaternary nitrogens is 1. The van der Waals surface area contributed by atoms with Crippen LogP contribution in [0.15, 0.2) is 53.5 Å². The van der Waals surface area contributed by atoms with E-state index in [4.69, 9.17) is 9.73 Å². The number of hydrogen-bond donors (Lipinski definition) is 2. The molecule has 154 valence electrons. The molecule has 2 N–H and O–H groups in total. The summed E-state index contributed by atoms with van der Waals surface area (Å²) in [7, 11) is 3.82. The highest BCUT2D eigenvalue weighted by Gasteiger charge is 2.21. The van der Waals surface area contributed by atoms with Crippen molar-refractivity contribution in [3.8, 4) is 5.75 Å². The van der Waals surface area contributed by atoms with Crippen molar-refractivity contribution in [3.63, 3.8) is 0 Å². The normalized spacial score (nSPS) is 15.3. The molecule has 1 fully saturated rings. The number of ether oxygens (including phenoxy) is 1. The van der Waals surface area contributed by atoms with Gasteiger partial charge in [-0.25, -0.2) is 4.99 Å². The highest BCUT2D eigenvalue weighted by molar-refractivity contribution is 8.14. The summed E-state index contributed by atoms with van der Waals surface area (Å²) in [6, 6.07) is 15.7. The SMILES string of the molecule is COc1ccc(C)cc1NC(=O)CSC(=Nc1ccccc1)N1CC[NH+](C)CC1. The lowest BCUT2D eigenvalue weighted by molar-refractivity contribution is -0.883. The molecule has 2 aromatic carbocycles. The summed E-state index contributed by atoms with van der Waals surface area (Å²) in [5, 5.41) is 3.87. The molecule has 0 unspecified atom stereocenters. The van der Waals surface area contributed by atoms with Crippen LogP contribution in [0.3, 0.4) is 0 Å². The summed E-state index contributed by atoms with van der Waals surface area (Å²) >= 11 is 1.48. The number of amides is 1. The fourth-order valence-corrected chi connectivity index (χ4v) is 3.99. The molecule has 0 bridgehead atoms. The summed E-state index contributed by atoms with van der Waals surface area (Å²) in [6.07, 6.45) is 0. The highest BCUT2D eigenvalue weighted by Crippen LogP contribution is 2.25. The first-order valence-electron chi connectivity index (χ1n) is 9.82. The summed E-state index contributed by atoms with van der Waals surface area (Å²) in [6.45, 7) is 6.02. The van der Waals surface area contributed by atoms with Gasteiger partial charge in [0, 0.05) is 0 Å². The molecule has 1 saturated heterocycles. The number of amidine groups is 1. The van der Waals surface area contributed by atoms with Gasteiger partial charge in [0.1, 0.15) is 5.75 Å². The predicted molar refractivity (Wildman–Crippen MR) is 121 cm³/mol. The number of para-hydroxylation sites is 1. The van der Waals surface area contributed by atoms with Gasteiger partial charge in [-0.2, -0.15) is 0 Å². The number of thioether (sulfide) groups is 1. The van der Waals surface area contributed by atoms with Gasteiger partial charge < -0.3 is 19.9 Å². The third-order valence-corrected chi connectivity index (χ3v) is 5.84. The van der Waals surface area contributed by atoms with Gasteiger partial charge in [0.05, 0.1) is 57.5 Å². The first-order chi connectivity index (χ1) is 14.0. The smallest absolute Gasteiger partial charge is 0.234 e. The maximum atomic E-state index is 12.6. The predicted octanol–water partition coefficient (Wildman–Crippen LogP) is 2.19. The van der Waals surface area contributed by atoms with E-state index < -0.39 is 0 Å². The Labute approximate surface area is 176 Å². The molecule has 0 saturated carbocycles. The minimum atomic E-state index is -0.0700. The fourth-order valence-electron chi connectivity index (χ4n) is 3.12. The van der Waals surface area contributed by atoms with Crippen LogP contribution in [0.25, 0.3) is 0 Å². The Balaban J connectivity index is 1.69. The molecule has 0 radical (unpaired) electrons. The third-order valence-electron chi connectivity index (χ3n) is 4.83.